The first-order chi connectivity index (χ1) is 16.0. The minimum atomic E-state index is -0.662. The second-order valence-electron chi connectivity index (χ2n) is 7.71. The Hall–Kier alpha value is -3.60. The standard InChI is InChI=1S/C22H23N5O5S/c1-3-31-22(30)19-16-8-7-13(2)9-17(16)33-20(19)24-18(28)11-32-21(29)14-5-4-6-15(10-14)27-12-23-25-26-27/h4-6,10,12-13H,3,7-9,11H2,1-2H3,(H,24,28). The molecule has 1 amide bonds. The Labute approximate surface area is 193 Å². The topological polar surface area (TPSA) is 125 Å². The molecule has 0 saturated heterocycles. The molecular formula is C22H23N5O5S. The van der Waals surface area contributed by atoms with E-state index in [2.05, 4.69) is 27.8 Å². The zero-order chi connectivity index (χ0) is 23.4. The van der Waals surface area contributed by atoms with Crippen LogP contribution in [0.15, 0.2) is 30.6 Å². The number of benzene rings is 1. The van der Waals surface area contributed by atoms with E-state index in [9.17, 15) is 14.4 Å². The minimum absolute atomic E-state index is 0.245. The van der Waals surface area contributed by atoms with Gasteiger partial charge in [-0.15, -0.1) is 16.4 Å². The fourth-order valence-electron chi connectivity index (χ4n) is 3.69. The Balaban J connectivity index is 1.43. The lowest BCUT2D eigenvalue weighted by Crippen LogP contribution is -2.22. The van der Waals surface area contributed by atoms with Gasteiger partial charge in [0.05, 0.1) is 23.4 Å². The van der Waals surface area contributed by atoms with Gasteiger partial charge < -0.3 is 14.8 Å². The van der Waals surface area contributed by atoms with Crippen molar-refractivity contribution in [3.8, 4) is 5.69 Å². The van der Waals surface area contributed by atoms with Gasteiger partial charge in [0.2, 0.25) is 0 Å². The summed E-state index contributed by atoms with van der Waals surface area (Å²) in [6, 6.07) is 6.53. The van der Waals surface area contributed by atoms with Crippen LogP contribution < -0.4 is 5.32 Å². The van der Waals surface area contributed by atoms with Crippen LogP contribution >= 0.6 is 11.3 Å². The van der Waals surface area contributed by atoms with Crippen molar-refractivity contribution in [1.82, 2.24) is 20.2 Å². The summed E-state index contributed by atoms with van der Waals surface area (Å²) in [5, 5.41) is 14.1. The molecule has 1 atom stereocenters. The number of rotatable bonds is 7. The van der Waals surface area contributed by atoms with E-state index in [1.54, 1.807) is 31.2 Å². The molecule has 0 saturated carbocycles. The fourth-order valence-corrected chi connectivity index (χ4v) is 5.11. The number of nitrogens with one attached hydrogen (secondary N) is 1. The van der Waals surface area contributed by atoms with E-state index >= 15 is 0 Å². The summed E-state index contributed by atoms with van der Waals surface area (Å²) < 4.78 is 11.8. The number of thiophene rings is 1. The maximum atomic E-state index is 12.6. The third-order valence-corrected chi connectivity index (χ3v) is 6.44. The number of tetrazole rings is 1. The lowest BCUT2D eigenvalue weighted by atomic mass is 9.88. The fraction of sp³-hybridized carbons (Fsp3) is 0.364. The van der Waals surface area contributed by atoms with Gasteiger partial charge in [-0.3, -0.25) is 4.79 Å². The van der Waals surface area contributed by atoms with Crippen molar-refractivity contribution in [2.75, 3.05) is 18.5 Å². The second kappa shape index (κ2) is 9.90. The normalized spacial score (nSPS) is 14.9. The number of carbonyl (C=O) groups excluding carboxylic acids is 3. The first kappa shape index (κ1) is 22.6. The van der Waals surface area contributed by atoms with E-state index in [0.29, 0.717) is 22.2 Å². The highest BCUT2D eigenvalue weighted by atomic mass is 32.1. The van der Waals surface area contributed by atoms with E-state index in [-0.39, 0.29) is 12.2 Å². The number of ether oxygens (including phenoxy) is 2. The Morgan fingerprint density at radius 2 is 2.09 bits per heavy atom. The maximum absolute atomic E-state index is 12.6. The van der Waals surface area contributed by atoms with Gasteiger partial charge in [0.25, 0.3) is 5.91 Å². The largest absolute Gasteiger partial charge is 0.462 e. The van der Waals surface area contributed by atoms with Gasteiger partial charge in [0.1, 0.15) is 11.3 Å². The van der Waals surface area contributed by atoms with Crippen LogP contribution in [0.5, 0.6) is 0 Å². The third-order valence-electron chi connectivity index (χ3n) is 5.27. The second-order valence-corrected chi connectivity index (χ2v) is 8.81. The zero-order valence-electron chi connectivity index (χ0n) is 18.2. The first-order valence-electron chi connectivity index (χ1n) is 10.6. The van der Waals surface area contributed by atoms with Gasteiger partial charge in [-0.05, 0) is 66.3 Å². The molecule has 0 radical (unpaired) electrons. The lowest BCUT2D eigenvalue weighted by Gasteiger charge is -2.18. The summed E-state index contributed by atoms with van der Waals surface area (Å²) in [6.45, 7) is 3.66. The molecular weight excluding hydrogens is 446 g/mol. The molecule has 1 aliphatic carbocycles. The number of fused-ring (bicyclic) bond motifs is 1. The maximum Gasteiger partial charge on any atom is 0.341 e. The molecule has 3 aromatic rings. The van der Waals surface area contributed by atoms with Crippen molar-refractivity contribution in [1.29, 1.82) is 0 Å². The number of nitrogens with zero attached hydrogens (tertiary/aromatic N) is 4. The van der Waals surface area contributed by atoms with Crippen LogP contribution in [-0.4, -0.2) is 51.3 Å². The van der Waals surface area contributed by atoms with Crippen molar-refractivity contribution in [3.05, 3.63) is 52.2 Å². The molecule has 1 unspecified atom stereocenters. The highest BCUT2D eigenvalue weighted by Gasteiger charge is 2.29. The number of amides is 1. The van der Waals surface area contributed by atoms with Crippen LogP contribution in [0.25, 0.3) is 5.69 Å². The van der Waals surface area contributed by atoms with E-state index in [4.69, 9.17) is 9.47 Å². The summed E-state index contributed by atoms with van der Waals surface area (Å²) >= 11 is 1.38. The first-order valence-corrected chi connectivity index (χ1v) is 11.4. The Bertz CT molecular complexity index is 1170. The lowest BCUT2D eigenvalue weighted by molar-refractivity contribution is -0.119. The highest BCUT2D eigenvalue weighted by Crippen LogP contribution is 2.40. The van der Waals surface area contributed by atoms with Crippen molar-refractivity contribution in [2.45, 2.75) is 33.1 Å². The van der Waals surface area contributed by atoms with Gasteiger partial charge in [0, 0.05) is 4.88 Å². The smallest absolute Gasteiger partial charge is 0.341 e. The van der Waals surface area contributed by atoms with E-state index in [1.165, 1.54) is 22.3 Å². The van der Waals surface area contributed by atoms with Crippen molar-refractivity contribution in [3.63, 3.8) is 0 Å². The van der Waals surface area contributed by atoms with Gasteiger partial charge in [-0.25, -0.2) is 14.3 Å². The molecule has 0 bridgehead atoms. The number of hydrogen-bond acceptors (Lipinski definition) is 9. The van der Waals surface area contributed by atoms with Crippen LogP contribution in [0.3, 0.4) is 0 Å². The van der Waals surface area contributed by atoms with Gasteiger partial charge in [0.15, 0.2) is 6.61 Å². The predicted molar refractivity (Wildman–Crippen MR) is 120 cm³/mol. The number of aromatic nitrogens is 4. The molecule has 1 aliphatic rings. The van der Waals surface area contributed by atoms with Crippen LogP contribution in [0.4, 0.5) is 5.00 Å². The quantitative estimate of drug-likeness (QED) is 0.524. The van der Waals surface area contributed by atoms with Crippen LogP contribution in [0, 0.1) is 5.92 Å². The molecule has 10 nitrogen and oxygen atoms in total. The van der Waals surface area contributed by atoms with E-state index in [1.807, 2.05) is 0 Å². The third kappa shape index (κ3) is 5.08. The average molecular weight is 470 g/mol. The Kier molecular flexibility index (Phi) is 6.78. The molecule has 172 valence electrons. The molecule has 4 rings (SSSR count). The predicted octanol–water partition coefficient (Wildman–Crippen LogP) is 2.82. The van der Waals surface area contributed by atoms with Gasteiger partial charge in [-0.2, -0.15) is 0 Å². The van der Waals surface area contributed by atoms with Gasteiger partial charge in [-0.1, -0.05) is 13.0 Å². The summed E-state index contributed by atoms with van der Waals surface area (Å²) in [5.74, 6) is -1.13. The molecule has 0 spiro atoms. The van der Waals surface area contributed by atoms with Crippen LogP contribution in [-0.2, 0) is 27.1 Å². The van der Waals surface area contributed by atoms with Crippen LogP contribution in [0.2, 0.25) is 0 Å². The number of anilines is 1. The minimum Gasteiger partial charge on any atom is -0.462 e. The van der Waals surface area contributed by atoms with Crippen molar-refractivity contribution < 1.29 is 23.9 Å². The Morgan fingerprint density at radius 1 is 1.24 bits per heavy atom. The molecule has 1 N–H and O–H groups in total. The summed E-state index contributed by atoms with van der Waals surface area (Å²) in [4.78, 5) is 38.7. The SMILES string of the molecule is CCOC(=O)c1c(NC(=O)COC(=O)c2cccc(-n3cnnn3)c2)sc2c1CCC(C)C2. The average Bonchev–Trinajstić information content (AvgIpc) is 3.45. The van der Waals surface area contributed by atoms with E-state index in [0.717, 1.165) is 29.7 Å². The molecule has 33 heavy (non-hydrogen) atoms. The number of hydrogen-bond donors (Lipinski definition) is 1. The molecule has 1 aromatic carbocycles. The monoisotopic (exact) mass is 469 g/mol. The van der Waals surface area contributed by atoms with E-state index < -0.39 is 24.5 Å². The van der Waals surface area contributed by atoms with Gasteiger partial charge >= 0.3 is 11.9 Å². The zero-order valence-corrected chi connectivity index (χ0v) is 19.1. The van der Waals surface area contributed by atoms with Crippen LogP contribution in [0.1, 0.15) is 51.4 Å². The molecule has 0 fully saturated rings. The van der Waals surface area contributed by atoms with Crippen molar-refractivity contribution in [2.24, 2.45) is 5.92 Å². The number of esters is 2. The molecule has 2 heterocycles. The molecule has 11 heteroatoms. The number of carbonyl (C=O) groups is 3. The summed E-state index contributed by atoms with van der Waals surface area (Å²) in [7, 11) is 0. The van der Waals surface area contributed by atoms with Crippen molar-refractivity contribution >= 4 is 34.2 Å². The Morgan fingerprint density at radius 3 is 2.85 bits per heavy atom. The summed E-state index contributed by atoms with van der Waals surface area (Å²) in [6.07, 6.45) is 4.00. The highest BCUT2D eigenvalue weighted by molar-refractivity contribution is 7.17. The summed E-state index contributed by atoms with van der Waals surface area (Å²) in [5.41, 5.74) is 2.20. The molecule has 0 aliphatic heterocycles. The molecule has 2 aromatic heterocycles.